The van der Waals surface area contributed by atoms with E-state index in [9.17, 15) is 9.90 Å². The van der Waals surface area contributed by atoms with Crippen molar-refractivity contribution in [3.05, 3.63) is 58.6 Å². The van der Waals surface area contributed by atoms with E-state index in [0.717, 1.165) is 11.1 Å². The Labute approximate surface area is 115 Å². The molecule has 1 aliphatic rings. The molecule has 1 aliphatic heterocycles. The van der Waals surface area contributed by atoms with Gasteiger partial charge in [0.2, 0.25) is 0 Å². The number of carbonyl (C=O) groups excluding carboxylic acids is 1. The standard InChI is InChI=1S/C15H10ClNO2/c16-10-4-5-12-13(15(19)17-14(12)8-10)7-9-2-1-3-11(18)6-9/h1-8,18H,(H,17,19)/b13-7+. The Morgan fingerprint density at radius 3 is 2.79 bits per heavy atom. The summed E-state index contributed by atoms with van der Waals surface area (Å²) in [5.41, 5.74) is 2.87. The van der Waals surface area contributed by atoms with E-state index in [0.29, 0.717) is 16.3 Å². The van der Waals surface area contributed by atoms with E-state index in [1.807, 2.05) is 12.1 Å². The first-order valence-electron chi connectivity index (χ1n) is 5.75. The van der Waals surface area contributed by atoms with Gasteiger partial charge >= 0.3 is 0 Å². The maximum absolute atomic E-state index is 11.9. The molecule has 0 radical (unpaired) electrons. The number of hydrogen-bond acceptors (Lipinski definition) is 2. The van der Waals surface area contributed by atoms with Gasteiger partial charge in [0.15, 0.2) is 0 Å². The van der Waals surface area contributed by atoms with Crippen molar-refractivity contribution in [3.63, 3.8) is 0 Å². The summed E-state index contributed by atoms with van der Waals surface area (Å²) >= 11 is 5.90. The number of phenols is 1. The van der Waals surface area contributed by atoms with Gasteiger partial charge in [-0.25, -0.2) is 0 Å². The van der Waals surface area contributed by atoms with Crippen molar-refractivity contribution < 1.29 is 9.90 Å². The number of nitrogens with one attached hydrogen (secondary N) is 1. The smallest absolute Gasteiger partial charge is 0.256 e. The third kappa shape index (κ3) is 2.20. The Bertz CT molecular complexity index is 707. The number of amides is 1. The minimum absolute atomic E-state index is 0.166. The Kier molecular flexibility index (Phi) is 2.76. The minimum Gasteiger partial charge on any atom is -0.508 e. The van der Waals surface area contributed by atoms with Gasteiger partial charge in [-0.1, -0.05) is 29.8 Å². The lowest BCUT2D eigenvalue weighted by molar-refractivity contribution is -0.110. The van der Waals surface area contributed by atoms with Crippen molar-refractivity contribution >= 4 is 34.8 Å². The second kappa shape index (κ2) is 4.44. The predicted octanol–water partition coefficient (Wildman–Crippen LogP) is 3.54. The molecule has 19 heavy (non-hydrogen) atoms. The summed E-state index contributed by atoms with van der Waals surface area (Å²) in [4.78, 5) is 11.9. The van der Waals surface area contributed by atoms with Gasteiger partial charge in [-0.2, -0.15) is 0 Å². The fourth-order valence-electron chi connectivity index (χ4n) is 2.09. The monoisotopic (exact) mass is 271 g/mol. The number of aromatic hydroxyl groups is 1. The van der Waals surface area contributed by atoms with Crippen LogP contribution < -0.4 is 5.32 Å². The Morgan fingerprint density at radius 2 is 2.00 bits per heavy atom. The molecular weight excluding hydrogens is 262 g/mol. The third-order valence-corrected chi connectivity index (χ3v) is 3.18. The van der Waals surface area contributed by atoms with E-state index in [1.165, 1.54) is 0 Å². The van der Waals surface area contributed by atoms with Crippen LogP contribution in [0.25, 0.3) is 11.6 Å². The van der Waals surface area contributed by atoms with Crippen LogP contribution in [0.5, 0.6) is 5.75 Å². The second-order valence-corrected chi connectivity index (χ2v) is 4.73. The first-order chi connectivity index (χ1) is 9.13. The van der Waals surface area contributed by atoms with Gasteiger partial charge in [-0.3, -0.25) is 4.79 Å². The molecule has 0 unspecified atom stereocenters. The molecule has 0 bridgehead atoms. The highest BCUT2D eigenvalue weighted by Crippen LogP contribution is 2.35. The normalized spacial score (nSPS) is 15.4. The maximum Gasteiger partial charge on any atom is 0.256 e. The lowest BCUT2D eigenvalue weighted by Gasteiger charge is -1.99. The minimum atomic E-state index is -0.166. The third-order valence-electron chi connectivity index (χ3n) is 2.95. The first-order valence-corrected chi connectivity index (χ1v) is 6.13. The van der Waals surface area contributed by atoms with Crippen molar-refractivity contribution in [2.45, 2.75) is 0 Å². The van der Waals surface area contributed by atoms with Crippen LogP contribution in [0.4, 0.5) is 5.69 Å². The van der Waals surface area contributed by atoms with Gasteiger partial charge in [0.25, 0.3) is 5.91 Å². The zero-order valence-electron chi connectivity index (χ0n) is 9.85. The predicted molar refractivity (Wildman–Crippen MR) is 76.1 cm³/mol. The largest absolute Gasteiger partial charge is 0.508 e. The van der Waals surface area contributed by atoms with Crippen molar-refractivity contribution in [1.82, 2.24) is 0 Å². The number of phenolic OH excluding ortho intramolecular Hbond substituents is 1. The van der Waals surface area contributed by atoms with Crippen molar-refractivity contribution in [1.29, 1.82) is 0 Å². The Hall–Kier alpha value is -2.26. The highest BCUT2D eigenvalue weighted by Gasteiger charge is 2.23. The van der Waals surface area contributed by atoms with E-state index in [1.54, 1.807) is 36.4 Å². The van der Waals surface area contributed by atoms with Gasteiger partial charge < -0.3 is 10.4 Å². The number of halogens is 1. The summed E-state index contributed by atoms with van der Waals surface area (Å²) in [6.45, 7) is 0. The lowest BCUT2D eigenvalue weighted by Crippen LogP contribution is -2.03. The molecule has 0 aliphatic carbocycles. The van der Waals surface area contributed by atoms with Crippen molar-refractivity contribution in [2.75, 3.05) is 5.32 Å². The average molecular weight is 272 g/mol. The second-order valence-electron chi connectivity index (χ2n) is 4.30. The van der Waals surface area contributed by atoms with Crippen LogP contribution in [0.1, 0.15) is 11.1 Å². The first kappa shape index (κ1) is 11.8. The average Bonchev–Trinajstić information content (AvgIpc) is 2.65. The van der Waals surface area contributed by atoms with Gasteiger partial charge in [0.05, 0.1) is 5.69 Å². The quantitative estimate of drug-likeness (QED) is 0.780. The zero-order valence-corrected chi connectivity index (χ0v) is 10.6. The summed E-state index contributed by atoms with van der Waals surface area (Å²) < 4.78 is 0. The molecule has 3 nitrogen and oxygen atoms in total. The molecule has 94 valence electrons. The molecule has 1 amide bonds. The SMILES string of the molecule is O=C1Nc2cc(Cl)ccc2/C1=C\c1cccc(O)c1. The molecule has 2 aromatic carbocycles. The van der Waals surface area contributed by atoms with E-state index >= 15 is 0 Å². The van der Waals surface area contributed by atoms with Crippen molar-refractivity contribution in [2.24, 2.45) is 0 Å². The van der Waals surface area contributed by atoms with Crippen LogP contribution in [0.3, 0.4) is 0 Å². The summed E-state index contributed by atoms with van der Waals surface area (Å²) in [6.07, 6.45) is 1.74. The van der Waals surface area contributed by atoms with E-state index in [-0.39, 0.29) is 11.7 Å². The molecule has 0 atom stereocenters. The number of anilines is 1. The molecule has 0 aromatic heterocycles. The number of benzene rings is 2. The molecule has 2 aromatic rings. The molecule has 3 rings (SSSR count). The molecule has 1 heterocycles. The van der Waals surface area contributed by atoms with E-state index in [2.05, 4.69) is 5.32 Å². The molecule has 4 heteroatoms. The molecular formula is C15H10ClNO2. The fraction of sp³-hybridized carbons (Fsp3) is 0. The van der Waals surface area contributed by atoms with Crippen LogP contribution in [-0.4, -0.2) is 11.0 Å². The molecule has 0 saturated heterocycles. The van der Waals surface area contributed by atoms with Gasteiger partial charge in [-0.15, -0.1) is 0 Å². The topological polar surface area (TPSA) is 49.3 Å². The van der Waals surface area contributed by atoms with Crippen molar-refractivity contribution in [3.8, 4) is 5.75 Å². The maximum atomic E-state index is 11.9. The summed E-state index contributed by atoms with van der Waals surface area (Å²) in [5.74, 6) is 0.00435. The number of carbonyl (C=O) groups is 1. The van der Waals surface area contributed by atoms with Crippen LogP contribution in [0.2, 0.25) is 5.02 Å². The lowest BCUT2D eigenvalue weighted by atomic mass is 10.0. The number of hydrogen-bond donors (Lipinski definition) is 2. The van der Waals surface area contributed by atoms with Gasteiger partial charge in [0.1, 0.15) is 5.75 Å². The number of rotatable bonds is 1. The van der Waals surface area contributed by atoms with Crippen LogP contribution >= 0.6 is 11.6 Å². The highest BCUT2D eigenvalue weighted by atomic mass is 35.5. The summed E-state index contributed by atoms with van der Waals surface area (Å²) in [7, 11) is 0. The fourth-order valence-corrected chi connectivity index (χ4v) is 2.26. The number of fused-ring (bicyclic) bond motifs is 1. The van der Waals surface area contributed by atoms with Gasteiger partial charge in [0, 0.05) is 16.2 Å². The van der Waals surface area contributed by atoms with E-state index in [4.69, 9.17) is 11.6 Å². The van der Waals surface area contributed by atoms with Gasteiger partial charge in [-0.05, 0) is 35.9 Å². The summed E-state index contributed by atoms with van der Waals surface area (Å²) in [6, 6.07) is 12.0. The molecule has 0 saturated carbocycles. The molecule has 2 N–H and O–H groups in total. The molecule has 0 spiro atoms. The van der Waals surface area contributed by atoms with E-state index < -0.39 is 0 Å². The highest BCUT2D eigenvalue weighted by molar-refractivity contribution is 6.36. The molecule has 0 fully saturated rings. The Balaban J connectivity index is 2.09. The summed E-state index contributed by atoms with van der Waals surface area (Å²) in [5, 5.41) is 12.8. The van der Waals surface area contributed by atoms with Crippen LogP contribution in [0.15, 0.2) is 42.5 Å². The van der Waals surface area contributed by atoms with Crippen LogP contribution in [0, 0.1) is 0 Å². The van der Waals surface area contributed by atoms with Crippen LogP contribution in [-0.2, 0) is 4.79 Å². The zero-order chi connectivity index (χ0) is 13.4. The Morgan fingerprint density at radius 1 is 1.16 bits per heavy atom.